The third-order valence-corrected chi connectivity index (χ3v) is 8.38. The Labute approximate surface area is 249 Å². The number of anilines is 1. The number of para-hydroxylation sites is 1. The molecule has 0 bridgehead atoms. The number of benzene rings is 4. The van der Waals surface area contributed by atoms with Gasteiger partial charge in [-0.1, -0.05) is 78.9 Å². The summed E-state index contributed by atoms with van der Waals surface area (Å²) in [6.45, 7) is 0.629. The molecule has 9 heteroatoms. The minimum Gasteiger partial charge on any atom is -0.465 e. The van der Waals surface area contributed by atoms with Gasteiger partial charge in [0.1, 0.15) is 6.61 Å². The number of ether oxygens (including phenoxy) is 1. The summed E-state index contributed by atoms with van der Waals surface area (Å²) in [6, 6.07) is 29.2. The third-order valence-electron chi connectivity index (χ3n) is 8.38. The third kappa shape index (κ3) is 5.53. The van der Waals surface area contributed by atoms with Gasteiger partial charge in [0.05, 0.1) is 23.2 Å². The standard InChI is InChI=1S/C34H31N3O6/c38-33(39)35-20-8-7-15-31(35)29-13-5-6-14-32(29)36(21-23-16-18-24(19-17-23)37(41)42)34(40)43-22-30-27-11-3-1-9-25(27)26-10-2-4-12-28(26)30/h1-6,9-14,16-19,30-31H,7-8,15,20-22H2,(H,38,39). The van der Waals surface area contributed by atoms with Gasteiger partial charge in [0.15, 0.2) is 0 Å². The predicted molar refractivity (Wildman–Crippen MR) is 162 cm³/mol. The average Bonchev–Trinajstić information content (AvgIpc) is 3.36. The maximum atomic E-state index is 14.0. The fourth-order valence-corrected chi connectivity index (χ4v) is 6.32. The van der Waals surface area contributed by atoms with Gasteiger partial charge in [0.25, 0.3) is 5.69 Å². The van der Waals surface area contributed by atoms with Crippen molar-refractivity contribution >= 4 is 23.6 Å². The van der Waals surface area contributed by atoms with E-state index < -0.39 is 23.2 Å². The summed E-state index contributed by atoms with van der Waals surface area (Å²) in [7, 11) is 0. The lowest BCUT2D eigenvalue weighted by Crippen LogP contribution is -2.39. The second-order valence-electron chi connectivity index (χ2n) is 10.9. The van der Waals surface area contributed by atoms with Crippen molar-refractivity contribution in [2.45, 2.75) is 37.8 Å². The van der Waals surface area contributed by atoms with Gasteiger partial charge >= 0.3 is 12.2 Å². The van der Waals surface area contributed by atoms with Gasteiger partial charge in [0, 0.05) is 24.6 Å². The van der Waals surface area contributed by atoms with Gasteiger partial charge in [-0.05, 0) is 58.7 Å². The van der Waals surface area contributed by atoms with E-state index in [9.17, 15) is 24.8 Å². The van der Waals surface area contributed by atoms with Crippen LogP contribution in [0.25, 0.3) is 11.1 Å². The molecule has 1 aliphatic carbocycles. The van der Waals surface area contributed by atoms with Gasteiger partial charge in [0.2, 0.25) is 0 Å². The summed E-state index contributed by atoms with van der Waals surface area (Å²) in [6.07, 6.45) is 0.715. The molecule has 1 saturated heterocycles. The van der Waals surface area contributed by atoms with Crippen LogP contribution >= 0.6 is 0 Å². The van der Waals surface area contributed by atoms with E-state index in [1.807, 2.05) is 42.5 Å². The smallest absolute Gasteiger partial charge is 0.414 e. The van der Waals surface area contributed by atoms with Crippen LogP contribution in [0.2, 0.25) is 0 Å². The Kier molecular flexibility index (Phi) is 7.79. The van der Waals surface area contributed by atoms with E-state index in [1.165, 1.54) is 21.9 Å². The van der Waals surface area contributed by atoms with E-state index in [4.69, 9.17) is 4.74 Å². The first-order valence-electron chi connectivity index (χ1n) is 14.4. The first-order valence-corrected chi connectivity index (χ1v) is 14.4. The average molecular weight is 578 g/mol. The monoisotopic (exact) mass is 577 g/mol. The molecular weight excluding hydrogens is 546 g/mol. The Balaban J connectivity index is 1.33. The van der Waals surface area contributed by atoms with Crippen LogP contribution < -0.4 is 4.90 Å². The van der Waals surface area contributed by atoms with E-state index in [0.29, 0.717) is 24.2 Å². The number of carbonyl (C=O) groups is 2. The van der Waals surface area contributed by atoms with E-state index in [2.05, 4.69) is 24.3 Å². The molecule has 1 unspecified atom stereocenters. The minimum absolute atomic E-state index is 0.0452. The molecule has 0 spiro atoms. The molecule has 218 valence electrons. The predicted octanol–water partition coefficient (Wildman–Crippen LogP) is 7.76. The molecule has 1 atom stereocenters. The van der Waals surface area contributed by atoms with Crippen molar-refractivity contribution in [2.75, 3.05) is 18.1 Å². The first kappa shape index (κ1) is 28.0. The number of amides is 2. The number of rotatable bonds is 7. The SMILES string of the molecule is O=C(OCC1c2ccccc2-c2ccccc21)N(Cc1ccc([N+](=O)[O-])cc1)c1ccccc1C1CCCCN1C(=O)O. The molecule has 1 aliphatic heterocycles. The van der Waals surface area contributed by atoms with E-state index in [-0.39, 0.29) is 24.8 Å². The van der Waals surface area contributed by atoms with Crippen LogP contribution in [0.3, 0.4) is 0 Å². The normalized spacial score (nSPS) is 15.8. The topological polar surface area (TPSA) is 113 Å². The highest BCUT2D eigenvalue weighted by atomic mass is 16.6. The quantitative estimate of drug-likeness (QED) is 0.177. The molecule has 1 N–H and O–H groups in total. The zero-order chi connectivity index (χ0) is 29.9. The molecule has 1 heterocycles. The summed E-state index contributed by atoms with van der Waals surface area (Å²) < 4.78 is 6.06. The zero-order valence-corrected chi connectivity index (χ0v) is 23.5. The van der Waals surface area contributed by atoms with Gasteiger partial charge in [-0.25, -0.2) is 9.59 Å². The summed E-state index contributed by atoms with van der Waals surface area (Å²) in [4.78, 5) is 39.9. The van der Waals surface area contributed by atoms with Crippen LogP contribution in [0.5, 0.6) is 0 Å². The minimum atomic E-state index is -0.998. The molecule has 9 nitrogen and oxygen atoms in total. The number of nitro groups is 1. The van der Waals surface area contributed by atoms with Crippen molar-refractivity contribution in [2.24, 2.45) is 0 Å². The molecule has 43 heavy (non-hydrogen) atoms. The number of likely N-dealkylation sites (tertiary alicyclic amines) is 1. The molecule has 1 fully saturated rings. The largest absolute Gasteiger partial charge is 0.465 e. The van der Waals surface area contributed by atoms with E-state index in [1.54, 1.807) is 18.2 Å². The fraction of sp³-hybridized carbons (Fsp3) is 0.235. The first-order chi connectivity index (χ1) is 20.9. The number of carbonyl (C=O) groups excluding carboxylic acids is 1. The Bertz CT molecular complexity index is 1630. The Morgan fingerprint density at radius 2 is 1.47 bits per heavy atom. The summed E-state index contributed by atoms with van der Waals surface area (Å²) in [5, 5.41) is 21.2. The van der Waals surface area contributed by atoms with Crippen molar-refractivity contribution < 1.29 is 24.4 Å². The lowest BCUT2D eigenvalue weighted by atomic mass is 9.94. The molecule has 0 aromatic heterocycles. The maximum absolute atomic E-state index is 14.0. The van der Waals surface area contributed by atoms with Crippen molar-refractivity contribution in [3.05, 3.63) is 129 Å². The number of fused-ring (bicyclic) bond motifs is 3. The highest BCUT2D eigenvalue weighted by Crippen LogP contribution is 2.45. The number of nitro benzene ring substituents is 1. The summed E-state index contributed by atoms with van der Waals surface area (Å²) >= 11 is 0. The molecule has 0 saturated carbocycles. The lowest BCUT2D eigenvalue weighted by Gasteiger charge is -2.36. The highest BCUT2D eigenvalue weighted by molar-refractivity contribution is 5.89. The second kappa shape index (κ2) is 12.0. The van der Waals surface area contributed by atoms with Crippen LogP contribution in [-0.4, -0.2) is 40.3 Å². The summed E-state index contributed by atoms with van der Waals surface area (Å²) in [5.41, 5.74) is 6.34. The van der Waals surface area contributed by atoms with Gasteiger partial charge in [-0.2, -0.15) is 0 Å². The number of hydrogen-bond donors (Lipinski definition) is 1. The number of piperidine rings is 1. The van der Waals surface area contributed by atoms with E-state index >= 15 is 0 Å². The van der Waals surface area contributed by atoms with Gasteiger partial charge < -0.3 is 14.7 Å². The summed E-state index contributed by atoms with van der Waals surface area (Å²) in [5.74, 6) is -0.131. The van der Waals surface area contributed by atoms with Crippen LogP contribution in [0.4, 0.5) is 21.0 Å². The molecule has 0 radical (unpaired) electrons. The Hall–Kier alpha value is -5.18. The molecule has 4 aromatic rings. The van der Waals surface area contributed by atoms with Crippen molar-refractivity contribution in [1.82, 2.24) is 4.90 Å². The second-order valence-corrected chi connectivity index (χ2v) is 10.9. The van der Waals surface area contributed by atoms with Crippen molar-refractivity contribution in [3.8, 4) is 11.1 Å². The maximum Gasteiger partial charge on any atom is 0.414 e. The number of non-ortho nitro benzene ring substituents is 1. The fourth-order valence-electron chi connectivity index (χ4n) is 6.32. The molecule has 2 amide bonds. The molecule has 4 aromatic carbocycles. The molecule has 2 aliphatic rings. The van der Waals surface area contributed by atoms with Crippen LogP contribution in [-0.2, 0) is 11.3 Å². The van der Waals surface area contributed by atoms with Crippen LogP contribution in [0.15, 0.2) is 97.1 Å². The van der Waals surface area contributed by atoms with Crippen molar-refractivity contribution in [1.29, 1.82) is 0 Å². The zero-order valence-electron chi connectivity index (χ0n) is 23.5. The molecule has 6 rings (SSSR count). The molecular formula is C34H31N3O6. The Morgan fingerprint density at radius 1 is 0.860 bits per heavy atom. The lowest BCUT2D eigenvalue weighted by molar-refractivity contribution is -0.384. The Morgan fingerprint density at radius 3 is 2.09 bits per heavy atom. The van der Waals surface area contributed by atoms with Crippen molar-refractivity contribution in [3.63, 3.8) is 0 Å². The van der Waals surface area contributed by atoms with E-state index in [0.717, 1.165) is 40.7 Å². The highest BCUT2D eigenvalue weighted by Gasteiger charge is 2.33. The van der Waals surface area contributed by atoms with Crippen LogP contribution in [0, 0.1) is 10.1 Å². The number of hydrogen-bond acceptors (Lipinski definition) is 5. The van der Waals surface area contributed by atoms with Gasteiger partial charge in [-0.15, -0.1) is 0 Å². The van der Waals surface area contributed by atoms with Gasteiger partial charge in [-0.3, -0.25) is 15.0 Å². The number of nitrogens with zero attached hydrogens (tertiary/aromatic N) is 3. The number of carboxylic acid groups (broad SMARTS) is 1. The van der Waals surface area contributed by atoms with Crippen LogP contribution in [0.1, 0.15) is 53.5 Å².